The molecule has 19 heavy (non-hydrogen) atoms. The zero-order valence-electron chi connectivity index (χ0n) is 10.4. The maximum Gasteiger partial charge on any atom is 0.342 e. The number of halogens is 1. The van der Waals surface area contributed by atoms with E-state index in [-0.39, 0.29) is 0 Å². The lowest BCUT2D eigenvalue weighted by atomic mass is 10.1. The molecule has 2 heterocycles. The number of carbonyl (C=O) groups excluding carboxylic acids is 1. The fourth-order valence-electron chi connectivity index (χ4n) is 2.19. The normalized spacial score (nSPS) is 12.3. The quantitative estimate of drug-likeness (QED) is 0.792. The molecule has 0 fully saturated rings. The highest BCUT2D eigenvalue weighted by Crippen LogP contribution is 2.36. The van der Waals surface area contributed by atoms with Crippen LogP contribution in [0.15, 0.2) is 30.5 Å². The molecule has 0 unspecified atom stereocenters. The van der Waals surface area contributed by atoms with E-state index in [9.17, 15) is 4.79 Å². The van der Waals surface area contributed by atoms with Gasteiger partial charge in [-0.15, -0.1) is 0 Å². The van der Waals surface area contributed by atoms with Crippen molar-refractivity contribution in [3.05, 3.63) is 46.7 Å². The standard InChI is InChI=1S/C14H12ClNO3/c1-2-18-14(17)11-6-9(15)7-12-13(11)19-8-10-4-3-5-16(10)12/h3-7H,2,8H2,1H3. The van der Waals surface area contributed by atoms with Crippen molar-refractivity contribution in [2.75, 3.05) is 6.61 Å². The molecule has 0 amide bonds. The van der Waals surface area contributed by atoms with Gasteiger partial charge < -0.3 is 14.0 Å². The number of hydrogen-bond donors (Lipinski definition) is 0. The largest absolute Gasteiger partial charge is 0.484 e. The highest BCUT2D eigenvalue weighted by atomic mass is 35.5. The number of aromatic nitrogens is 1. The summed E-state index contributed by atoms with van der Waals surface area (Å²) >= 11 is 6.08. The zero-order valence-corrected chi connectivity index (χ0v) is 11.1. The number of carbonyl (C=O) groups is 1. The summed E-state index contributed by atoms with van der Waals surface area (Å²) in [7, 11) is 0. The lowest BCUT2D eigenvalue weighted by Gasteiger charge is -2.22. The van der Waals surface area contributed by atoms with E-state index >= 15 is 0 Å². The van der Waals surface area contributed by atoms with Crippen molar-refractivity contribution in [1.29, 1.82) is 0 Å². The van der Waals surface area contributed by atoms with Crippen LogP contribution in [-0.2, 0) is 11.3 Å². The minimum atomic E-state index is -0.420. The maximum atomic E-state index is 11.9. The van der Waals surface area contributed by atoms with E-state index in [1.165, 1.54) is 0 Å². The molecule has 3 rings (SSSR count). The molecule has 1 aliphatic rings. The molecule has 0 spiro atoms. The van der Waals surface area contributed by atoms with Gasteiger partial charge in [0.15, 0.2) is 5.75 Å². The van der Waals surface area contributed by atoms with Crippen molar-refractivity contribution >= 4 is 17.6 Å². The Morgan fingerprint density at radius 2 is 2.37 bits per heavy atom. The fourth-order valence-corrected chi connectivity index (χ4v) is 2.40. The van der Waals surface area contributed by atoms with Gasteiger partial charge in [-0.1, -0.05) is 11.6 Å². The van der Waals surface area contributed by atoms with Crippen LogP contribution in [0.4, 0.5) is 0 Å². The number of esters is 1. The second kappa shape index (κ2) is 4.63. The van der Waals surface area contributed by atoms with E-state index in [0.717, 1.165) is 11.4 Å². The van der Waals surface area contributed by atoms with Crippen LogP contribution in [-0.4, -0.2) is 17.1 Å². The predicted octanol–water partition coefficient (Wildman–Crippen LogP) is 3.20. The van der Waals surface area contributed by atoms with Gasteiger partial charge in [0.25, 0.3) is 0 Å². The second-order valence-corrected chi connectivity index (χ2v) is 4.62. The van der Waals surface area contributed by atoms with Crippen LogP contribution < -0.4 is 4.74 Å². The highest BCUT2D eigenvalue weighted by molar-refractivity contribution is 6.31. The first-order chi connectivity index (χ1) is 9.20. The summed E-state index contributed by atoms with van der Waals surface area (Å²) in [4.78, 5) is 11.9. The van der Waals surface area contributed by atoms with Crippen molar-refractivity contribution in [2.45, 2.75) is 13.5 Å². The Morgan fingerprint density at radius 1 is 1.53 bits per heavy atom. The van der Waals surface area contributed by atoms with E-state index in [1.807, 2.05) is 22.9 Å². The Bertz CT molecular complexity index is 648. The number of benzene rings is 1. The Balaban J connectivity index is 2.17. The first-order valence-corrected chi connectivity index (χ1v) is 6.38. The predicted molar refractivity (Wildman–Crippen MR) is 71.1 cm³/mol. The monoisotopic (exact) mass is 277 g/mol. The second-order valence-electron chi connectivity index (χ2n) is 4.18. The summed E-state index contributed by atoms with van der Waals surface area (Å²) in [6.45, 7) is 2.50. The van der Waals surface area contributed by atoms with E-state index in [4.69, 9.17) is 21.1 Å². The van der Waals surface area contributed by atoms with Gasteiger partial charge in [0.2, 0.25) is 0 Å². The lowest BCUT2D eigenvalue weighted by Crippen LogP contribution is -2.16. The molecular formula is C14H12ClNO3. The minimum Gasteiger partial charge on any atom is -0.484 e. The number of nitrogens with zero attached hydrogens (tertiary/aromatic N) is 1. The van der Waals surface area contributed by atoms with E-state index in [2.05, 4.69) is 0 Å². The van der Waals surface area contributed by atoms with Gasteiger partial charge in [-0.25, -0.2) is 4.79 Å². The van der Waals surface area contributed by atoms with Crippen molar-refractivity contribution in [3.8, 4) is 11.4 Å². The smallest absolute Gasteiger partial charge is 0.342 e. The summed E-state index contributed by atoms with van der Waals surface area (Å²) in [5.41, 5.74) is 2.15. The fraction of sp³-hybridized carbons (Fsp3) is 0.214. The Kier molecular flexibility index (Phi) is 2.95. The maximum absolute atomic E-state index is 11.9. The third-order valence-electron chi connectivity index (χ3n) is 2.99. The molecule has 1 aromatic carbocycles. The Morgan fingerprint density at radius 3 is 3.16 bits per heavy atom. The summed E-state index contributed by atoms with van der Waals surface area (Å²) in [5.74, 6) is 0.100. The van der Waals surface area contributed by atoms with Gasteiger partial charge in [0.05, 0.1) is 18.0 Å². The van der Waals surface area contributed by atoms with Crippen molar-refractivity contribution < 1.29 is 14.3 Å². The van der Waals surface area contributed by atoms with Gasteiger partial charge in [-0.05, 0) is 31.2 Å². The number of ether oxygens (including phenoxy) is 2. The molecule has 0 saturated heterocycles. The average molecular weight is 278 g/mol. The molecule has 1 aliphatic heterocycles. The van der Waals surface area contributed by atoms with Crippen LogP contribution in [0.3, 0.4) is 0 Å². The summed E-state index contributed by atoms with van der Waals surface area (Å²) in [6, 6.07) is 7.25. The molecule has 0 bridgehead atoms. The summed E-state index contributed by atoms with van der Waals surface area (Å²) < 4.78 is 12.7. The number of fused-ring (bicyclic) bond motifs is 3. The van der Waals surface area contributed by atoms with E-state index < -0.39 is 5.97 Å². The van der Waals surface area contributed by atoms with Crippen LogP contribution >= 0.6 is 11.6 Å². The summed E-state index contributed by atoms with van der Waals surface area (Å²) in [5, 5.41) is 0.479. The molecule has 1 aromatic heterocycles. The zero-order chi connectivity index (χ0) is 13.4. The third-order valence-corrected chi connectivity index (χ3v) is 3.20. The van der Waals surface area contributed by atoms with Crippen LogP contribution in [0.1, 0.15) is 23.0 Å². The first-order valence-electron chi connectivity index (χ1n) is 6.00. The topological polar surface area (TPSA) is 40.5 Å². The third kappa shape index (κ3) is 1.98. The Hall–Kier alpha value is -1.94. The Labute approximate surface area is 115 Å². The number of rotatable bonds is 2. The molecule has 0 atom stereocenters. The lowest BCUT2D eigenvalue weighted by molar-refractivity contribution is 0.0520. The highest BCUT2D eigenvalue weighted by Gasteiger charge is 2.24. The molecule has 98 valence electrons. The van der Waals surface area contributed by atoms with Gasteiger partial charge >= 0.3 is 5.97 Å². The summed E-state index contributed by atoms with van der Waals surface area (Å²) in [6.07, 6.45) is 1.92. The van der Waals surface area contributed by atoms with Gasteiger partial charge in [0, 0.05) is 11.2 Å². The van der Waals surface area contributed by atoms with Gasteiger partial charge in [-0.2, -0.15) is 0 Å². The minimum absolute atomic E-state index is 0.314. The number of hydrogen-bond acceptors (Lipinski definition) is 3. The molecule has 5 heteroatoms. The van der Waals surface area contributed by atoms with Crippen molar-refractivity contribution in [1.82, 2.24) is 4.57 Å². The van der Waals surface area contributed by atoms with Crippen LogP contribution in [0.2, 0.25) is 5.02 Å². The molecule has 0 N–H and O–H groups in total. The van der Waals surface area contributed by atoms with Crippen LogP contribution in [0, 0.1) is 0 Å². The van der Waals surface area contributed by atoms with Crippen LogP contribution in [0.5, 0.6) is 5.75 Å². The van der Waals surface area contributed by atoms with E-state index in [1.54, 1.807) is 19.1 Å². The molecule has 0 saturated carbocycles. The molecule has 0 aliphatic carbocycles. The van der Waals surface area contributed by atoms with Crippen LogP contribution in [0.25, 0.3) is 5.69 Å². The molecule has 2 aromatic rings. The molecule has 0 radical (unpaired) electrons. The average Bonchev–Trinajstić information content (AvgIpc) is 2.86. The molecule has 4 nitrogen and oxygen atoms in total. The first kappa shape index (κ1) is 12.1. The van der Waals surface area contributed by atoms with Crippen molar-refractivity contribution in [2.24, 2.45) is 0 Å². The molecular weight excluding hydrogens is 266 g/mol. The SMILES string of the molecule is CCOC(=O)c1cc(Cl)cc2c1OCc1cccn1-2. The van der Waals surface area contributed by atoms with Crippen molar-refractivity contribution in [3.63, 3.8) is 0 Å². The van der Waals surface area contributed by atoms with Gasteiger partial charge in [0.1, 0.15) is 12.2 Å². The van der Waals surface area contributed by atoms with E-state index in [0.29, 0.717) is 29.5 Å². The van der Waals surface area contributed by atoms with Gasteiger partial charge in [-0.3, -0.25) is 0 Å².